The van der Waals surface area contributed by atoms with Crippen LogP contribution in [0.4, 0.5) is 0 Å². The van der Waals surface area contributed by atoms with Crippen LogP contribution in [0.15, 0.2) is 0 Å². The van der Waals surface area contributed by atoms with Crippen molar-refractivity contribution in [1.82, 2.24) is 0 Å². The van der Waals surface area contributed by atoms with Gasteiger partial charge in [0.25, 0.3) is 0 Å². The van der Waals surface area contributed by atoms with Crippen molar-refractivity contribution >= 4 is 5.97 Å². The van der Waals surface area contributed by atoms with Crippen molar-refractivity contribution in [2.45, 2.75) is 40.5 Å². The Hall–Kier alpha value is -0.530. The van der Waals surface area contributed by atoms with Gasteiger partial charge in [0, 0.05) is 6.92 Å². The Morgan fingerprint density at radius 3 is 2.33 bits per heavy atom. The normalized spacial score (nSPS) is 13.1. The number of carbonyl (C=O) groups excluding carboxylic acids is 1. The summed E-state index contributed by atoms with van der Waals surface area (Å²) in [5, 5.41) is 0. The summed E-state index contributed by atoms with van der Waals surface area (Å²) in [4.78, 5) is 10.5. The van der Waals surface area contributed by atoms with E-state index in [1.165, 1.54) is 6.92 Å². The van der Waals surface area contributed by atoms with E-state index in [2.05, 4.69) is 20.8 Å². The molecule has 0 spiro atoms. The lowest BCUT2D eigenvalue weighted by molar-refractivity contribution is -0.142. The summed E-state index contributed by atoms with van der Waals surface area (Å²) in [7, 11) is 0. The van der Waals surface area contributed by atoms with Crippen LogP contribution in [-0.4, -0.2) is 12.6 Å². The van der Waals surface area contributed by atoms with E-state index in [-0.39, 0.29) is 5.97 Å². The Balaban J connectivity index is 3.60. The molecular formula is C10H20O2. The third kappa shape index (κ3) is 6.20. The molecule has 1 atom stereocenters. The zero-order valence-electron chi connectivity index (χ0n) is 8.59. The SMILES string of the molecule is CCC(COC(C)=O)CC(C)C. The van der Waals surface area contributed by atoms with Crippen LogP contribution in [0.3, 0.4) is 0 Å². The number of hydrogen-bond acceptors (Lipinski definition) is 2. The summed E-state index contributed by atoms with van der Waals surface area (Å²) < 4.78 is 4.96. The molecule has 2 nitrogen and oxygen atoms in total. The molecule has 0 N–H and O–H groups in total. The lowest BCUT2D eigenvalue weighted by Crippen LogP contribution is -2.13. The Morgan fingerprint density at radius 1 is 1.42 bits per heavy atom. The van der Waals surface area contributed by atoms with Crippen molar-refractivity contribution in [3.63, 3.8) is 0 Å². The van der Waals surface area contributed by atoms with Gasteiger partial charge < -0.3 is 4.74 Å². The largest absolute Gasteiger partial charge is 0.466 e. The van der Waals surface area contributed by atoms with E-state index in [0.29, 0.717) is 18.4 Å². The number of ether oxygens (including phenoxy) is 1. The Bertz CT molecular complexity index is 130. The maximum absolute atomic E-state index is 10.5. The first kappa shape index (κ1) is 11.5. The van der Waals surface area contributed by atoms with Gasteiger partial charge in [0.05, 0.1) is 6.61 Å². The first-order valence-electron chi connectivity index (χ1n) is 4.69. The van der Waals surface area contributed by atoms with Gasteiger partial charge in [0.2, 0.25) is 0 Å². The van der Waals surface area contributed by atoms with Gasteiger partial charge in [-0.1, -0.05) is 27.2 Å². The van der Waals surface area contributed by atoms with Crippen molar-refractivity contribution in [3.05, 3.63) is 0 Å². The predicted octanol–water partition coefficient (Wildman–Crippen LogP) is 2.62. The summed E-state index contributed by atoms with van der Waals surface area (Å²) in [6, 6.07) is 0. The second-order valence-corrected chi connectivity index (χ2v) is 3.71. The molecule has 0 aromatic heterocycles. The molecule has 72 valence electrons. The first-order chi connectivity index (χ1) is 5.56. The second kappa shape index (κ2) is 6.04. The van der Waals surface area contributed by atoms with Gasteiger partial charge in [-0.3, -0.25) is 4.79 Å². The molecule has 0 saturated heterocycles. The van der Waals surface area contributed by atoms with Gasteiger partial charge in [0.1, 0.15) is 0 Å². The van der Waals surface area contributed by atoms with Gasteiger partial charge >= 0.3 is 5.97 Å². The van der Waals surface area contributed by atoms with Gasteiger partial charge in [-0.05, 0) is 18.3 Å². The molecule has 0 saturated carbocycles. The van der Waals surface area contributed by atoms with E-state index < -0.39 is 0 Å². The maximum atomic E-state index is 10.5. The van der Waals surface area contributed by atoms with Crippen LogP contribution in [0.1, 0.15) is 40.5 Å². The van der Waals surface area contributed by atoms with E-state index in [1.807, 2.05) is 0 Å². The van der Waals surface area contributed by atoms with Gasteiger partial charge in [-0.2, -0.15) is 0 Å². The zero-order valence-corrected chi connectivity index (χ0v) is 8.59. The summed E-state index contributed by atoms with van der Waals surface area (Å²) in [5.41, 5.74) is 0. The molecule has 12 heavy (non-hydrogen) atoms. The molecule has 0 fully saturated rings. The van der Waals surface area contributed by atoms with Crippen molar-refractivity contribution in [2.24, 2.45) is 11.8 Å². The monoisotopic (exact) mass is 172 g/mol. The molecule has 0 aliphatic heterocycles. The van der Waals surface area contributed by atoms with Crippen LogP contribution in [0.2, 0.25) is 0 Å². The Labute approximate surface area is 75.3 Å². The van der Waals surface area contributed by atoms with Crippen molar-refractivity contribution in [3.8, 4) is 0 Å². The van der Waals surface area contributed by atoms with Crippen molar-refractivity contribution in [2.75, 3.05) is 6.61 Å². The van der Waals surface area contributed by atoms with E-state index in [4.69, 9.17) is 4.74 Å². The van der Waals surface area contributed by atoms with Gasteiger partial charge in [0.15, 0.2) is 0 Å². The van der Waals surface area contributed by atoms with Crippen LogP contribution < -0.4 is 0 Å². The highest BCUT2D eigenvalue weighted by molar-refractivity contribution is 5.65. The first-order valence-corrected chi connectivity index (χ1v) is 4.69. The summed E-state index contributed by atoms with van der Waals surface area (Å²) in [6.07, 6.45) is 2.23. The van der Waals surface area contributed by atoms with E-state index in [0.717, 1.165) is 12.8 Å². The van der Waals surface area contributed by atoms with Gasteiger partial charge in [-0.25, -0.2) is 0 Å². The van der Waals surface area contributed by atoms with Crippen molar-refractivity contribution < 1.29 is 9.53 Å². The third-order valence-electron chi connectivity index (χ3n) is 1.90. The fourth-order valence-corrected chi connectivity index (χ4v) is 1.25. The summed E-state index contributed by atoms with van der Waals surface area (Å²) >= 11 is 0. The minimum absolute atomic E-state index is 0.169. The molecular weight excluding hydrogens is 152 g/mol. The Kier molecular flexibility index (Phi) is 5.77. The van der Waals surface area contributed by atoms with Crippen LogP contribution in [0, 0.1) is 11.8 Å². The van der Waals surface area contributed by atoms with E-state index >= 15 is 0 Å². The van der Waals surface area contributed by atoms with Crippen LogP contribution in [0.25, 0.3) is 0 Å². The molecule has 0 heterocycles. The molecule has 0 bridgehead atoms. The molecule has 1 unspecified atom stereocenters. The maximum Gasteiger partial charge on any atom is 0.302 e. The molecule has 0 aromatic carbocycles. The fourth-order valence-electron chi connectivity index (χ4n) is 1.25. The Morgan fingerprint density at radius 2 is 2.00 bits per heavy atom. The fraction of sp³-hybridized carbons (Fsp3) is 0.900. The molecule has 0 rings (SSSR count). The second-order valence-electron chi connectivity index (χ2n) is 3.71. The minimum Gasteiger partial charge on any atom is -0.466 e. The quantitative estimate of drug-likeness (QED) is 0.596. The molecule has 0 amide bonds. The zero-order chi connectivity index (χ0) is 9.56. The van der Waals surface area contributed by atoms with Crippen LogP contribution in [0.5, 0.6) is 0 Å². The number of hydrogen-bond donors (Lipinski definition) is 0. The standard InChI is InChI=1S/C10H20O2/c1-5-10(6-8(2)3)7-12-9(4)11/h8,10H,5-7H2,1-4H3. The lowest BCUT2D eigenvalue weighted by Gasteiger charge is -2.16. The smallest absolute Gasteiger partial charge is 0.302 e. The summed E-state index contributed by atoms with van der Waals surface area (Å²) in [5.74, 6) is 1.05. The average molecular weight is 172 g/mol. The molecule has 0 aliphatic carbocycles. The minimum atomic E-state index is -0.169. The number of rotatable bonds is 5. The van der Waals surface area contributed by atoms with Crippen LogP contribution in [-0.2, 0) is 9.53 Å². The molecule has 2 heteroatoms. The highest BCUT2D eigenvalue weighted by Crippen LogP contribution is 2.15. The highest BCUT2D eigenvalue weighted by atomic mass is 16.5. The topological polar surface area (TPSA) is 26.3 Å². The van der Waals surface area contributed by atoms with Crippen molar-refractivity contribution in [1.29, 1.82) is 0 Å². The summed E-state index contributed by atoms with van der Waals surface area (Å²) in [6.45, 7) is 8.56. The molecule has 0 radical (unpaired) electrons. The van der Waals surface area contributed by atoms with E-state index in [1.54, 1.807) is 0 Å². The van der Waals surface area contributed by atoms with E-state index in [9.17, 15) is 4.79 Å². The lowest BCUT2D eigenvalue weighted by atomic mass is 9.96. The average Bonchev–Trinajstić information content (AvgIpc) is 1.97. The molecule has 0 aromatic rings. The van der Waals surface area contributed by atoms with Gasteiger partial charge in [-0.15, -0.1) is 0 Å². The number of esters is 1. The molecule has 0 aliphatic rings. The third-order valence-corrected chi connectivity index (χ3v) is 1.90. The highest BCUT2D eigenvalue weighted by Gasteiger charge is 2.09. The number of carbonyl (C=O) groups is 1. The van der Waals surface area contributed by atoms with Crippen LogP contribution >= 0.6 is 0 Å². The predicted molar refractivity (Wildman–Crippen MR) is 49.9 cm³/mol.